The van der Waals surface area contributed by atoms with Gasteiger partial charge in [-0.25, -0.2) is 0 Å². The van der Waals surface area contributed by atoms with Gasteiger partial charge in [0, 0.05) is 43.0 Å². The van der Waals surface area contributed by atoms with Crippen molar-refractivity contribution in [1.29, 1.82) is 0 Å². The lowest BCUT2D eigenvalue weighted by atomic mass is 10.2. The number of hydrogen-bond donors (Lipinski definition) is 1. The molecule has 0 bridgehead atoms. The molecule has 0 saturated carbocycles. The first-order valence-electron chi connectivity index (χ1n) is 5.97. The first-order chi connectivity index (χ1) is 8.79. The highest BCUT2D eigenvalue weighted by Gasteiger charge is 2.07. The number of nitrogens with one attached hydrogen (secondary N) is 1. The van der Waals surface area contributed by atoms with Crippen LogP contribution >= 0.6 is 0 Å². The molecule has 0 aliphatic heterocycles. The Hall–Kier alpha value is -2.29. The number of nitrogens with zero attached hydrogens (tertiary/aromatic N) is 2. The predicted octanol–water partition coefficient (Wildman–Crippen LogP) is 3.28. The van der Waals surface area contributed by atoms with Gasteiger partial charge in [-0.3, -0.25) is 4.98 Å². The van der Waals surface area contributed by atoms with Crippen molar-refractivity contribution in [3.05, 3.63) is 48.8 Å². The van der Waals surface area contributed by atoms with Gasteiger partial charge in [-0.05, 0) is 18.2 Å². The lowest BCUT2D eigenvalue weighted by Crippen LogP contribution is -1.94. The molecule has 0 fully saturated rings. The summed E-state index contributed by atoms with van der Waals surface area (Å²) in [6, 6.07) is 12.7. The number of para-hydroxylation sites is 1. The molecule has 0 atom stereocenters. The Bertz CT molecular complexity index is 698. The van der Waals surface area contributed by atoms with Gasteiger partial charge in [-0.15, -0.1) is 0 Å². The van der Waals surface area contributed by atoms with Crippen LogP contribution in [-0.4, -0.2) is 16.6 Å². The highest BCUT2D eigenvalue weighted by atomic mass is 14.9. The van der Waals surface area contributed by atoms with Gasteiger partial charge in [0.15, 0.2) is 0 Å². The summed E-state index contributed by atoms with van der Waals surface area (Å²) < 4.78 is 2.20. The number of hydrogen-bond acceptors (Lipinski definition) is 2. The lowest BCUT2D eigenvalue weighted by Gasteiger charge is -2.06. The van der Waals surface area contributed by atoms with Crippen molar-refractivity contribution in [2.45, 2.75) is 0 Å². The molecule has 0 aliphatic rings. The third-order valence-electron chi connectivity index (χ3n) is 3.27. The summed E-state index contributed by atoms with van der Waals surface area (Å²) in [5.74, 6) is 0. The van der Waals surface area contributed by atoms with E-state index in [2.05, 4.69) is 58.3 Å². The van der Waals surface area contributed by atoms with Gasteiger partial charge < -0.3 is 9.88 Å². The second-order valence-corrected chi connectivity index (χ2v) is 4.36. The largest absolute Gasteiger partial charge is 0.387 e. The third-order valence-corrected chi connectivity index (χ3v) is 3.27. The molecular weight excluding hydrogens is 222 g/mol. The number of aryl methyl sites for hydroxylation is 1. The molecule has 3 nitrogen and oxygen atoms in total. The molecular formula is C15H15N3. The molecule has 18 heavy (non-hydrogen) atoms. The molecule has 0 radical (unpaired) electrons. The van der Waals surface area contributed by atoms with E-state index in [0.29, 0.717) is 0 Å². The van der Waals surface area contributed by atoms with Crippen molar-refractivity contribution in [2.75, 3.05) is 12.4 Å². The average molecular weight is 237 g/mol. The van der Waals surface area contributed by atoms with Crippen LogP contribution in [0, 0.1) is 0 Å². The van der Waals surface area contributed by atoms with Gasteiger partial charge in [0.2, 0.25) is 0 Å². The summed E-state index contributed by atoms with van der Waals surface area (Å²) >= 11 is 0. The Morgan fingerprint density at radius 1 is 1.11 bits per heavy atom. The van der Waals surface area contributed by atoms with E-state index in [1.807, 2.05) is 19.4 Å². The van der Waals surface area contributed by atoms with Gasteiger partial charge >= 0.3 is 0 Å². The number of pyridine rings is 1. The maximum atomic E-state index is 4.27. The minimum Gasteiger partial charge on any atom is -0.387 e. The highest BCUT2D eigenvalue weighted by Crippen LogP contribution is 2.27. The molecule has 2 aromatic heterocycles. The molecule has 3 rings (SSSR count). The van der Waals surface area contributed by atoms with Gasteiger partial charge in [0.1, 0.15) is 0 Å². The number of aromatic nitrogens is 2. The van der Waals surface area contributed by atoms with Crippen molar-refractivity contribution in [2.24, 2.45) is 7.05 Å². The molecule has 0 amide bonds. The molecule has 2 heterocycles. The highest BCUT2D eigenvalue weighted by molar-refractivity contribution is 5.87. The molecule has 3 aromatic rings. The zero-order chi connectivity index (χ0) is 12.5. The molecule has 0 spiro atoms. The summed E-state index contributed by atoms with van der Waals surface area (Å²) in [6.07, 6.45) is 3.72. The maximum absolute atomic E-state index is 4.27. The number of fused-ring (bicyclic) bond motifs is 1. The maximum Gasteiger partial charge on any atom is 0.0530 e. The second-order valence-electron chi connectivity index (χ2n) is 4.36. The Morgan fingerprint density at radius 3 is 2.72 bits per heavy atom. The Kier molecular flexibility index (Phi) is 2.52. The van der Waals surface area contributed by atoms with Crippen molar-refractivity contribution >= 4 is 16.6 Å². The van der Waals surface area contributed by atoms with Gasteiger partial charge in [-0.1, -0.05) is 18.2 Å². The molecule has 0 saturated heterocycles. The summed E-state index contributed by atoms with van der Waals surface area (Å²) in [6.45, 7) is 0. The van der Waals surface area contributed by atoms with E-state index >= 15 is 0 Å². The monoisotopic (exact) mass is 237 g/mol. The van der Waals surface area contributed by atoms with Crippen LogP contribution in [0.2, 0.25) is 0 Å². The van der Waals surface area contributed by atoms with Crippen LogP contribution in [-0.2, 0) is 7.05 Å². The number of rotatable bonds is 2. The molecule has 1 N–H and O–H groups in total. The second kappa shape index (κ2) is 4.18. The Morgan fingerprint density at radius 2 is 1.94 bits per heavy atom. The smallest absolute Gasteiger partial charge is 0.0530 e. The van der Waals surface area contributed by atoms with Crippen LogP contribution in [0.4, 0.5) is 5.69 Å². The van der Waals surface area contributed by atoms with E-state index in [1.54, 1.807) is 0 Å². The van der Waals surface area contributed by atoms with Crippen molar-refractivity contribution in [3.8, 4) is 11.3 Å². The van der Waals surface area contributed by atoms with E-state index in [1.165, 1.54) is 16.6 Å². The van der Waals surface area contributed by atoms with E-state index in [4.69, 9.17) is 0 Å². The van der Waals surface area contributed by atoms with Crippen LogP contribution in [0.3, 0.4) is 0 Å². The van der Waals surface area contributed by atoms with E-state index in [-0.39, 0.29) is 0 Å². The van der Waals surface area contributed by atoms with Crippen LogP contribution < -0.4 is 5.32 Å². The van der Waals surface area contributed by atoms with Crippen molar-refractivity contribution < 1.29 is 0 Å². The first kappa shape index (κ1) is 10.8. The first-order valence-corrected chi connectivity index (χ1v) is 5.97. The van der Waals surface area contributed by atoms with Crippen LogP contribution in [0.15, 0.2) is 48.8 Å². The quantitative estimate of drug-likeness (QED) is 0.741. The fourth-order valence-electron chi connectivity index (χ4n) is 2.28. The van der Waals surface area contributed by atoms with E-state index < -0.39 is 0 Å². The normalized spacial score (nSPS) is 10.8. The van der Waals surface area contributed by atoms with Crippen molar-refractivity contribution in [3.63, 3.8) is 0 Å². The summed E-state index contributed by atoms with van der Waals surface area (Å²) in [5, 5.41) is 4.37. The minimum absolute atomic E-state index is 1.03. The number of anilines is 1. The molecule has 0 unspecified atom stereocenters. The summed E-state index contributed by atoms with van der Waals surface area (Å²) in [5.41, 5.74) is 4.57. The van der Waals surface area contributed by atoms with Gasteiger partial charge in [0.25, 0.3) is 0 Å². The van der Waals surface area contributed by atoms with Crippen LogP contribution in [0.1, 0.15) is 0 Å². The topological polar surface area (TPSA) is 29.9 Å². The average Bonchev–Trinajstić information content (AvgIpc) is 2.77. The van der Waals surface area contributed by atoms with Gasteiger partial charge in [-0.2, -0.15) is 0 Å². The zero-order valence-corrected chi connectivity index (χ0v) is 10.5. The van der Waals surface area contributed by atoms with E-state index in [9.17, 15) is 0 Å². The molecule has 90 valence electrons. The standard InChI is InChI=1S/C15H15N3/c1-16-13-7-12(9-17-10-13)15-8-11-5-3-4-6-14(11)18(15)2/h3-10,16H,1-2H3. The summed E-state index contributed by atoms with van der Waals surface area (Å²) in [7, 11) is 3.99. The Labute approximate surface area is 106 Å². The summed E-state index contributed by atoms with van der Waals surface area (Å²) in [4.78, 5) is 4.27. The Balaban J connectivity index is 2.21. The zero-order valence-electron chi connectivity index (χ0n) is 10.5. The van der Waals surface area contributed by atoms with E-state index in [0.717, 1.165) is 11.3 Å². The van der Waals surface area contributed by atoms with Crippen LogP contribution in [0.25, 0.3) is 22.2 Å². The lowest BCUT2D eigenvalue weighted by molar-refractivity contribution is 0.977. The molecule has 3 heteroatoms. The van der Waals surface area contributed by atoms with Crippen molar-refractivity contribution in [1.82, 2.24) is 9.55 Å². The molecule has 0 aliphatic carbocycles. The molecule has 1 aromatic carbocycles. The minimum atomic E-state index is 1.03. The van der Waals surface area contributed by atoms with Crippen LogP contribution in [0.5, 0.6) is 0 Å². The fraction of sp³-hybridized carbons (Fsp3) is 0.133. The SMILES string of the molecule is CNc1cncc(-c2cc3ccccc3n2C)c1. The van der Waals surface area contributed by atoms with Gasteiger partial charge in [0.05, 0.1) is 11.4 Å². The fourth-order valence-corrected chi connectivity index (χ4v) is 2.28. The number of benzene rings is 1. The predicted molar refractivity (Wildman–Crippen MR) is 75.7 cm³/mol. The third kappa shape index (κ3) is 1.64.